The van der Waals surface area contributed by atoms with Gasteiger partial charge in [-0.25, -0.2) is 0 Å². The SMILES string of the molecule is COc1ccc(CC2Cc3cc(C)c(O)c(C)c3O2)cc1. The Bertz CT molecular complexity index is 659. The first-order chi connectivity index (χ1) is 10.1. The highest BCUT2D eigenvalue weighted by molar-refractivity contribution is 5.54. The Morgan fingerprint density at radius 3 is 2.62 bits per heavy atom. The maximum absolute atomic E-state index is 10.0. The lowest BCUT2D eigenvalue weighted by Gasteiger charge is -2.12. The van der Waals surface area contributed by atoms with Gasteiger partial charge in [-0.15, -0.1) is 0 Å². The van der Waals surface area contributed by atoms with Crippen LogP contribution in [0.1, 0.15) is 22.3 Å². The molecule has 0 aliphatic carbocycles. The molecule has 1 unspecified atom stereocenters. The van der Waals surface area contributed by atoms with Gasteiger partial charge in [-0.05, 0) is 48.7 Å². The van der Waals surface area contributed by atoms with Crippen LogP contribution in [0.15, 0.2) is 30.3 Å². The number of phenols is 1. The van der Waals surface area contributed by atoms with Crippen molar-refractivity contribution in [2.24, 2.45) is 0 Å². The molecular formula is C18H20O3. The van der Waals surface area contributed by atoms with Gasteiger partial charge in [-0.3, -0.25) is 0 Å². The highest BCUT2D eigenvalue weighted by Gasteiger charge is 2.26. The molecule has 0 spiro atoms. The molecule has 0 amide bonds. The molecular weight excluding hydrogens is 264 g/mol. The number of hydrogen-bond donors (Lipinski definition) is 1. The maximum Gasteiger partial charge on any atom is 0.129 e. The molecule has 0 bridgehead atoms. The lowest BCUT2D eigenvalue weighted by atomic mass is 10.00. The van der Waals surface area contributed by atoms with Crippen LogP contribution in [0.25, 0.3) is 0 Å². The third kappa shape index (κ3) is 2.56. The first-order valence-electron chi connectivity index (χ1n) is 7.20. The van der Waals surface area contributed by atoms with Gasteiger partial charge in [0.05, 0.1) is 7.11 Å². The standard InChI is InChI=1S/C18H20O3/c1-11-8-14-10-16(21-18(14)12(2)17(11)19)9-13-4-6-15(20-3)7-5-13/h4-8,16,19H,9-10H2,1-3H3. The average molecular weight is 284 g/mol. The average Bonchev–Trinajstić information content (AvgIpc) is 2.88. The van der Waals surface area contributed by atoms with Gasteiger partial charge < -0.3 is 14.6 Å². The van der Waals surface area contributed by atoms with Gasteiger partial charge in [-0.1, -0.05) is 12.1 Å². The molecule has 1 aliphatic heterocycles. The van der Waals surface area contributed by atoms with E-state index < -0.39 is 0 Å². The topological polar surface area (TPSA) is 38.7 Å². The number of aryl methyl sites for hydroxylation is 1. The zero-order valence-corrected chi connectivity index (χ0v) is 12.6. The fraction of sp³-hybridized carbons (Fsp3) is 0.333. The Kier molecular flexibility index (Phi) is 3.50. The highest BCUT2D eigenvalue weighted by Crippen LogP contribution is 2.39. The van der Waals surface area contributed by atoms with Crippen molar-refractivity contribution in [2.75, 3.05) is 7.11 Å². The van der Waals surface area contributed by atoms with Crippen LogP contribution < -0.4 is 9.47 Å². The third-order valence-corrected chi connectivity index (χ3v) is 4.11. The molecule has 1 aliphatic rings. The van der Waals surface area contributed by atoms with E-state index in [2.05, 4.69) is 12.1 Å². The summed E-state index contributed by atoms with van der Waals surface area (Å²) in [5, 5.41) is 10.0. The Balaban J connectivity index is 1.77. The monoisotopic (exact) mass is 284 g/mol. The molecule has 3 nitrogen and oxygen atoms in total. The van der Waals surface area contributed by atoms with Crippen molar-refractivity contribution in [3.63, 3.8) is 0 Å². The predicted octanol–water partition coefficient (Wildman–Crippen LogP) is 3.56. The quantitative estimate of drug-likeness (QED) is 0.936. The van der Waals surface area contributed by atoms with Crippen LogP contribution in [0, 0.1) is 13.8 Å². The van der Waals surface area contributed by atoms with Crippen LogP contribution in [-0.2, 0) is 12.8 Å². The van der Waals surface area contributed by atoms with Gasteiger partial charge in [0.25, 0.3) is 0 Å². The fourth-order valence-electron chi connectivity index (χ4n) is 2.95. The number of fused-ring (bicyclic) bond motifs is 1. The van der Waals surface area contributed by atoms with E-state index in [1.807, 2.05) is 32.0 Å². The minimum atomic E-state index is 0.133. The van der Waals surface area contributed by atoms with Crippen molar-refractivity contribution in [1.82, 2.24) is 0 Å². The van der Waals surface area contributed by atoms with E-state index in [9.17, 15) is 5.11 Å². The Labute approximate surface area is 125 Å². The molecule has 0 aromatic heterocycles. The van der Waals surface area contributed by atoms with Gasteiger partial charge in [0.15, 0.2) is 0 Å². The molecule has 1 N–H and O–H groups in total. The Morgan fingerprint density at radius 2 is 1.95 bits per heavy atom. The van der Waals surface area contributed by atoms with Crippen molar-refractivity contribution in [3.05, 3.63) is 52.6 Å². The van der Waals surface area contributed by atoms with Crippen LogP contribution in [0.4, 0.5) is 0 Å². The van der Waals surface area contributed by atoms with E-state index in [1.165, 1.54) is 11.1 Å². The van der Waals surface area contributed by atoms with Gasteiger partial charge in [0.2, 0.25) is 0 Å². The smallest absolute Gasteiger partial charge is 0.129 e. The third-order valence-electron chi connectivity index (χ3n) is 4.11. The highest BCUT2D eigenvalue weighted by atomic mass is 16.5. The molecule has 1 heterocycles. The lowest BCUT2D eigenvalue weighted by molar-refractivity contribution is 0.231. The summed E-state index contributed by atoms with van der Waals surface area (Å²) in [5.74, 6) is 2.07. The van der Waals surface area contributed by atoms with Crippen LogP contribution in [0.3, 0.4) is 0 Å². The second-order valence-electron chi connectivity index (χ2n) is 5.65. The fourth-order valence-corrected chi connectivity index (χ4v) is 2.95. The number of methoxy groups -OCH3 is 1. The summed E-state index contributed by atoms with van der Waals surface area (Å²) in [6, 6.07) is 10.1. The van der Waals surface area contributed by atoms with Crippen molar-refractivity contribution >= 4 is 0 Å². The van der Waals surface area contributed by atoms with Crippen molar-refractivity contribution < 1.29 is 14.6 Å². The number of ether oxygens (including phenoxy) is 2. The summed E-state index contributed by atoms with van der Waals surface area (Å²) in [4.78, 5) is 0. The van der Waals surface area contributed by atoms with Crippen LogP contribution >= 0.6 is 0 Å². The van der Waals surface area contributed by atoms with E-state index in [0.29, 0.717) is 5.75 Å². The summed E-state index contributed by atoms with van der Waals surface area (Å²) >= 11 is 0. The second kappa shape index (κ2) is 5.32. The van der Waals surface area contributed by atoms with Crippen LogP contribution in [-0.4, -0.2) is 18.3 Å². The molecule has 2 aromatic carbocycles. The lowest BCUT2D eigenvalue weighted by Crippen LogP contribution is -2.16. The van der Waals surface area contributed by atoms with Gasteiger partial charge in [-0.2, -0.15) is 0 Å². The molecule has 0 saturated carbocycles. The molecule has 2 aromatic rings. The number of rotatable bonds is 3. The normalized spacial score (nSPS) is 16.4. The second-order valence-corrected chi connectivity index (χ2v) is 5.65. The first-order valence-corrected chi connectivity index (χ1v) is 7.20. The summed E-state index contributed by atoms with van der Waals surface area (Å²) in [5.41, 5.74) is 4.19. The largest absolute Gasteiger partial charge is 0.507 e. The molecule has 1 atom stereocenters. The van der Waals surface area contributed by atoms with Gasteiger partial charge in [0.1, 0.15) is 23.4 Å². The molecule has 0 fully saturated rings. The maximum atomic E-state index is 10.0. The van der Waals surface area contributed by atoms with Crippen molar-refractivity contribution in [3.8, 4) is 17.2 Å². The number of benzene rings is 2. The molecule has 110 valence electrons. The predicted molar refractivity (Wildman–Crippen MR) is 82.4 cm³/mol. The van der Waals surface area contributed by atoms with E-state index in [0.717, 1.165) is 35.5 Å². The van der Waals surface area contributed by atoms with E-state index >= 15 is 0 Å². The molecule has 3 heteroatoms. The molecule has 0 saturated heterocycles. The minimum absolute atomic E-state index is 0.133. The van der Waals surface area contributed by atoms with Gasteiger partial charge in [0, 0.05) is 18.4 Å². The number of hydrogen-bond acceptors (Lipinski definition) is 3. The van der Waals surface area contributed by atoms with Gasteiger partial charge >= 0.3 is 0 Å². The summed E-state index contributed by atoms with van der Waals surface area (Å²) in [6.45, 7) is 3.84. The van der Waals surface area contributed by atoms with E-state index in [4.69, 9.17) is 9.47 Å². The molecule has 3 rings (SSSR count). The summed E-state index contributed by atoms with van der Waals surface area (Å²) < 4.78 is 11.2. The summed E-state index contributed by atoms with van der Waals surface area (Å²) in [6.07, 6.45) is 1.88. The van der Waals surface area contributed by atoms with Crippen LogP contribution in [0.2, 0.25) is 0 Å². The zero-order valence-electron chi connectivity index (χ0n) is 12.6. The minimum Gasteiger partial charge on any atom is -0.507 e. The van der Waals surface area contributed by atoms with E-state index in [1.54, 1.807) is 7.11 Å². The zero-order chi connectivity index (χ0) is 15.0. The summed E-state index contributed by atoms with van der Waals surface area (Å²) in [7, 11) is 1.67. The Hall–Kier alpha value is -2.16. The number of aromatic hydroxyl groups is 1. The van der Waals surface area contributed by atoms with E-state index in [-0.39, 0.29) is 6.10 Å². The molecule has 0 radical (unpaired) electrons. The molecule has 21 heavy (non-hydrogen) atoms. The number of phenolic OH excluding ortho intramolecular Hbond substituents is 1. The Morgan fingerprint density at radius 1 is 1.24 bits per heavy atom. The van der Waals surface area contributed by atoms with Crippen LogP contribution in [0.5, 0.6) is 17.2 Å². The van der Waals surface area contributed by atoms with Crippen molar-refractivity contribution in [2.45, 2.75) is 32.8 Å². The first kappa shape index (κ1) is 13.8. The van der Waals surface area contributed by atoms with Crippen molar-refractivity contribution in [1.29, 1.82) is 0 Å².